The van der Waals surface area contributed by atoms with Gasteiger partial charge in [0.1, 0.15) is 10.7 Å². The van der Waals surface area contributed by atoms with Gasteiger partial charge in [0.25, 0.3) is 5.56 Å². The fourth-order valence-electron chi connectivity index (χ4n) is 4.12. The van der Waals surface area contributed by atoms with Crippen LogP contribution in [0.4, 0.5) is 0 Å². The molecule has 0 spiro atoms. The molecule has 0 saturated carbocycles. The SMILES string of the molecule is CC(NC(=O)CSCc1nc2scc(-c3ccccc3)c2c(=O)[nH]1)c1cccc2ccccc12. The Kier molecular flexibility index (Phi) is 6.47. The molecule has 0 aliphatic carbocycles. The third-order valence-corrected chi connectivity index (χ3v) is 7.53. The number of fused-ring (bicyclic) bond motifs is 2. The number of H-pyrrole nitrogens is 1. The molecule has 1 unspecified atom stereocenters. The van der Waals surface area contributed by atoms with Crippen LogP contribution in [-0.4, -0.2) is 21.6 Å². The number of carbonyl (C=O) groups excluding carboxylic acids is 1. The molecule has 5 nitrogen and oxygen atoms in total. The van der Waals surface area contributed by atoms with Crippen LogP contribution in [0, 0.1) is 0 Å². The Bertz CT molecular complexity index is 1520. The summed E-state index contributed by atoms with van der Waals surface area (Å²) in [4.78, 5) is 33.6. The molecule has 1 atom stereocenters. The monoisotopic (exact) mass is 485 g/mol. The molecule has 1 amide bonds. The lowest BCUT2D eigenvalue weighted by Gasteiger charge is -2.16. The lowest BCUT2D eigenvalue weighted by molar-refractivity contribution is -0.119. The Morgan fingerprint density at radius 1 is 1.06 bits per heavy atom. The number of hydrogen-bond acceptors (Lipinski definition) is 5. The number of rotatable bonds is 7. The number of aromatic nitrogens is 2. The predicted octanol–water partition coefficient (Wildman–Crippen LogP) is 5.92. The van der Waals surface area contributed by atoms with Gasteiger partial charge in [-0.3, -0.25) is 9.59 Å². The topological polar surface area (TPSA) is 74.8 Å². The molecule has 0 fully saturated rings. The lowest BCUT2D eigenvalue weighted by atomic mass is 10.00. The van der Waals surface area contributed by atoms with E-state index in [-0.39, 0.29) is 23.3 Å². The van der Waals surface area contributed by atoms with Crippen molar-refractivity contribution in [3.63, 3.8) is 0 Å². The second-order valence-electron chi connectivity index (χ2n) is 8.06. The number of amides is 1. The summed E-state index contributed by atoms with van der Waals surface area (Å²) < 4.78 is 0. The fraction of sp³-hybridized carbons (Fsp3) is 0.148. The molecule has 0 saturated heterocycles. The van der Waals surface area contributed by atoms with E-state index in [2.05, 4.69) is 39.6 Å². The van der Waals surface area contributed by atoms with E-state index in [9.17, 15) is 9.59 Å². The van der Waals surface area contributed by atoms with Gasteiger partial charge < -0.3 is 10.3 Å². The maximum Gasteiger partial charge on any atom is 0.260 e. The van der Waals surface area contributed by atoms with Crippen LogP contribution in [0.1, 0.15) is 24.4 Å². The summed E-state index contributed by atoms with van der Waals surface area (Å²) in [5, 5.41) is 7.98. The Hall–Kier alpha value is -3.42. The first-order valence-corrected chi connectivity index (χ1v) is 13.0. The smallest absolute Gasteiger partial charge is 0.260 e. The van der Waals surface area contributed by atoms with Gasteiger partial charge in [0.05, 0.1) is 22.9 Å². The van der Waals surface area contributed by atoms with Crippen LogP contribution in [0.25, 0.3) is 32.1 Å². The zero-order valence-electron chi connectivity index (χ0n) is 18.6. The molecule has 7 heteroatoms. The molecule has 2 heterocycles. The standard InChI is InChI=1S/C27H23N3O2S2/c1-17(20-13-7-11-18-10-5-6-12-21(18)20)28-24(31)16-33-15-23-29-26(32)25-22(14-34-27(25)30-23)19-8-3-2-4-9-19/h2-14,17H,15-16H2,1H3,(H,28,31)(H,29,30,32). The summed E-state index contributed by atoms with van der Waals surface area (Å²) >= 11 is 2.90. The van der Waals surface area contributed by atoms with Gasteiger partial charge in [-0.2, -0.15) is 0 Å². The van der Waals surface area contributed by atoms with Crippen LogP contribution in [0.15, 0.2) is 83.0 Å². The summed E-state index contributed by atoms with van der Waals surface area (Å²) in [5.74, 6) is 1.28. The average molecular weight is 486 g/mol. The maximum atomic E-state index is 12.8. The van der Waals surface area contributed by atoms with Gasteiger partial charge in [0, 0.05) is 10.9 Å². The van der Waals surface area contributed by atoms with Crippen molar-refractivity contribution in [1.29, 1.82) is 0 Å². The van der Waals surface area contributed by atoms with Crippen molar-refractivity contribution in [2.45, 2.75) is 18.7 Å². The Labute approximate surface area is 205 Å². The van der Waals surface area contributed by atoms with E-state index in [1.54, 1.807) is 0 Å². The van der Waals surface area contributed by atoms with E-state index in [0.29, 0.717) is 21.8 Å². The quantitative estimate of drug-likeness (QED) is 0.300. The third-order valence-electron chi connectivity index (χ3n) is 5.72. The van der Waals surface area contributed by atoms with Gasteiger partial charge in [-0.05, 0) is 28.8 Å². The highest BCUT2D eigenvalue weighted by Gasteiger charge is 2.15. The molecule has 0 aliphatic rings. The molecular weight excluding hydrogens is 462 g/mol. The molecule has 0 bridgehead atoms. The number of nitrogens with zero attached hydrogens (tertiary/aromatic N) is 1. The Morgan fingerprint density at radius 2 is 1.82 bits per heavy atom. The normalized spacial score (nSPS) is 12.1. The van der Waals surface area contributed by atoms with Crippen molar-refractivity contribution in [3.8, 4) is 11.1 Å². The van der Waals surface area contributed by atoms with Crippen molar-refractivity contribution in [2.24, 2.45) is 0 Å². The third kappa shape index (κ3) is 4.62. The summed E-state index contributed by atoms with van der Waals surface area (Å²) in [5.41, 5.74) is 2.85. The van der Waals surface area contributed by atoms with E-state index in [0.717, 1.165) is 27.5 Å². The van der Waals surface area contributed by atoms with Crippen molar-refractivity contribution >= 4 is 50.0 Å². The zero-order chi connectivity index (χ0) is 23.5. The molecule has 0 aliphatic heterocycles. The van der Waals surface area contributed by atoms with Gasteiger partial charge in [0.2, 0.25) is 5.91 Å². The second-order valence-corrected chi connectivity index (χ2v) is 9.90. The molecule has 170 valence electrons. The number of thiophene rings is 1. The number of hydrogen-bond donors (Lipinski definition) is 2. The minimum atomic E-state index is -0.144. The van der Waals surface area contributed by atoms with E-state index in [4.69, 9.17) is 0 Å². The average Bonchev–Trinajstić information content (AvgIpc) is 3.29. The zero-order valence-corrected chi connectivity index (χ0v) is 20.2. The van der Waals surface area contributed by atoms with Gasteiger partial charge >= 0.3 is 0 Å². The molecule has 3 aromatic carbocycles. The highest BCUT2D eigenvalue weighted by molar-refractivity contribution is 7.99. The second kappa shape index (κ2) is 9.83. The van der Waals surface area contributed by atoms with Gasteiger partial charge in [-0.1, -0.05) is 72.8 Å². The summed E-state index contributed by atoms with van der Waals surface area (Å²) in [6.07, 6.45) is 0. The summed E-state index contributed by atoms with van der Waals surface area (Å²) in [6, 6.07) is 24.1. The van der Waals surface area contributed by atoms with Gasteiger partial charge in [-0.25, -0.2) is 4.98 Å². The summed E-state index contributed by atoms with van der Waals surface area (Å²) in [6.45, 7) is 2.00. The van der Waals surface area contributed by atoms with E-state index < -0.39 is 0 Å². The maximum absolute atomic E-state index is 12.8. The van der Waals surface area contributed by atoms with Crippen molar-refractivity contribution in [3.05, 3.63) is 99.9 Å². The van der Waals surface area contributed by atoms with E-state index in [1.807, 2.05) is 60.8 Å². The minimum Gasteiger partial charge on any atom is -0.349 e. The highest BCUT2D eigenvalue weighted by atomic mass is 32.2. The van der Waals surface area contributed by atoms with Crippen LogP contribution in [0.3, 0.4) is 0 Å². The molecule has 34 heavy (non-hydrogen) atoms. The van der Waals surface area contributed by atoms with Crippen LogP contribution >= 0.6 is 23.1 Å². The number of carbonyl (C=O) groups is 1. The van der Waals surface area contributed by atoms with Gasteiger partial charge in [0.15, 0.2) is 0 Å². The van der Waals surface area contributed by atoms with Crippen LogP contribution < -0.4 is 10.9 Å². The molecule has 5 rings (SSSR count). The molecule has 2 N–H and O–H groups in total. The fourth-order valence-corrected chi connectivity index (χ4v) is 5.79. The summed E-state index contributed by atoms with van der Waals surface area (Å²) in [7, 11) is 0. The van der Waals surface area contributed by atoms with Crippen molar-refractivity contribution < 1.29 is 4.79 Å². The van der Waals surface area contributed by atoms with Gasteiger partial charge in [-0.15, -0.1) is 23.1 Å². The predicted molar refractivity (Wildman–Crippen MR) is 142 cm³/mol. The largest absolute Gasteiger partial charge is 0.349 e. The van der Waals surface area contributed by atoms with Crippen molar-refractivity contribution in [1.82, 2.24) is 15.3 Å². The lowest BCUT2D eigenvalue weighted by Crippen LogP contribution is -2.28. The van der Waals surface area contributed by atoms with Crippen LogP contribution in [0.2, 0.25) is 0 Å². The first kappa shape index (κ1) is 22.4. The van der Waals surface area contributed by atoms with Crippen LogP contribution in [0.5, 0.6) is 0 Å². The molecule has 2 aromatic heterocycles. The first-order chi connectivity index (χ1) is 16.6. The Morgan fingerprint density at radius 3 is 2.68 bits per heavy atom. The molecule has 0 radical (unpaired) electrons. The highest BCUT2D eigenvalue weighted by Crippen LogP contribution is 2.30. The van der Waals surface area contributed by atoms with Crippen LogP contribution in [-0.2, 0) is 10.5 Å². The number of nitrogens with one attached hydrogen (secondary N) is 2. The number of benzene rings is 3. The first-order valence-electron chi connectivity index (χ1n) is 11.0. The van der Waals surface area contributed by atoms with E-state index >= 15 is 0 Å². The molecular formula is C27H23N3O2S2. The van der Waals surface area contributed by atoms with E-state index in [1.165, 1.54) is 23.1 Å². The minimum absolute atomic E-state index is 0.0450. The molecule has 5 aromatic rings. The van der Waals surface area contributed by atoms with Crippen molar-refractivity contribution in [2.75, 3.05) is 5.75 Å². The Balaban J connectivity index is 1.23. The number of thioether (sulfide) groups is 1. The number of aromatic amines is 1.